The Balaban J connectivity index is 3.14. The number of carbonyl (C=O) groups excluding carboxylic acids is 3. The van der Waals surface area contributed by atoms with Crippen molar-refractivity contribution in [2.45, 2.75) is 40.2 Å². The molecule has 142 valence electrons. The average molecular weight is 402 g/mol. The van der Waals surface area contributed by atoms with E-state index in [0.29, 0.717) is 6.42 Å². The van der Waals surface area contributed by atoms with Crippen molar-refractivity contribution in [3.05, 3.63) is 39.5 Å². The van der Waals surface area contributed by atoms with Crippen molar-refractivity contribution in [2.75, 3.05) is 11.9 Å². The molecular weight excluding hydrogens is 381 g/mol. The second kappa shape index (κ2) is 10.2. The minimum atomic E-state index is -0.757. The second-order valence-electron chi connectivity index (χ2n) is 5.63. The van der Waals surface area contributed by atoms with Gasteiger partial charge in [0.05, 0.1) is 34.0 Å². The zero-order valence-electron chi connectivity index (χ0n) is 15.0. The normalized spacial score (nSPS) is 11.3. The summed E-state index contributed by atoms with van der Waals surface area (Å²) in [5, 5.41) is 2.90. The molecule has 0 aromatic heterocycles. The lowest BCUT2D eigenvalue weighted by Gasteiger charge is -2.12. The van der Waals surface area contributed by atoms with E-state index in [4.69, 9.17) is 32.7 Å². The number of rotatable bonds is 8. The number of ketones is 1. The number of hydrogen-bond donors (Lipinski definition) is 1. The first kappa shape index (κ1) is 22.0. The highest BCUT2D eigenvalue weighted by atomic mass is 35.5. The molecule has 1 N–H and O–H groups in total. The number of benzene rings is 1. The summed E-state index contributed by atoms with van der Waals surface area (Å²) in [6.07, 6.45) is 1.47. The first-order chi connectivity index (χ1) is 12.2. The van der Waals surface area contributed by atoms with E-state index >= 15 is 0 Å². The maximum Gasteiger partial charge on any atom is 0.343 e. The molecule has 1 rings (SSSR count). The highest BCUT2D eigenvalue weighted by Gasteiger charge is 2.21. The van der Waals surface area contributed by atoms with Crippen LogP contribution in [-0.2, 0) is 19.1 Å². The monoisotopic (exact) mass is 401 g/mol. The largest absolute Gasteiger partial charge is 0.462 e. The molecular formula is C18H21Cl2NO5. The molecule has 0 amide bonds. The van der Waals surface area contributed by atoms with E-state index in [0.717, 1.165) is 0 Å². The lowest BCUT2D eigenvalue weighted by molar-refractivity contribution is -0.143. The molecule has 8 heteroatoms. The van der Waals surface area contributed by atoms with E-state index in [1.54, 1.807) is 13.8 Å². The summed E-state index contributed by atoms with van der Waals surface area (Å²) in [6.45, 7) is 6.68. The summed E-state index contributed by atoms with van der Waals surface area (Å²) in [6, 6.07) is 2.98. The number of halogens is 2. The van der Waals surface area contributed by atoms with Gasteiger partial charge >= 0.3 is 11.9 Å². The SMILES string of the molecule is CCCOC(=O)c1c(Cl)ccc(NC=C(C(C)=O)C(=O)OC(C)C)c1Cl. The third-order valence-electron chi connectivity index (χ3n) is 3.05. The molecule has 0 unspecified atom stereocenters. The molecule has 0 fully saturated rings. The van der Waals surface area contributed by atoms with E-state index < -0.39 is 17.7 Å². The predicted molar refractivity (Wildman–Crippen MR) is 101 cm³/mol. The van der Waals surface area contributed by atoms with Gasteiger partial charge in [-0.3, -0.25) is 4.79 Å². The van der Waals surface area contributed by atoms with Crippen molar-refractivity contribution < 1.29 is 23.9 Å². The van der Waals surface area contributed by atoms with Crippen LogP contribution in [0.5, 0.6) is 0 Å². The Labute approximate surface area is 162 Å². The third kappa shape index (κ3) is 6.04. The first-order valence-corrected chi connectivity index (χ1v) is 8.78. The summed E-state index contributed by atoms with van der Waals surface area (Å²) in [5.74, 6) is -1.89. The summed E-state index contributed by atoms with van der Waals surface area (Å²) < 4.78 is 10.1. The highest BCUT2D eigenvalue weighted by Crippen LogP contribution is 2.32. The summed E-state index contributed by atoms with van der Waals surface area (Å²) in [5.41, 5.74) is 0.116. The number of carbonyl (C=O) groups is 3. The molecule has 0 spiro atoms. The molecule has 0 saturated carbocycles. The summed E-state index contributed by atoms with van der Waals surface area (Å²) >= 11 is 12.3. The fourth-order valence-corrected chi connectivity index (χ4v) is 2.43. The zero-order chi connectivity index (χ0) is 19.9. The Morgan fingerprint density at radius 1 is 1.23 bits per heavy atom. The Kier molecular flexibility index (Phi) is 8.61. The number of esters is 2. The fraction of sp³-hybridized carbons (Fsp3) is 0.389. The van der Waals surface area contributed by atoms with E-state index in [1.165, 1.54) is 25.3 Å². The van der Waals surface area contributed by atoms with Crippen LogP contribution in [0.4, 0.5) is 5.69 Å². The van der Waals surface area contributed by atoms with Crippen molar-refractivity contribution in [1.82, 2.24) is 0 Å². The van der Waals surface area contributed by atoms with Crippen LogP contribution in [0.1, 0.15) is 44.5 Å². The van der Waals surface area contributed by atoms with Crippen LogP contribution in [0.15, 0.2) is 23.9 Å². The second-order valence-corrected chi connectivity index (χ2v) is 6.42. The van der Waals surface area contributed by atoms with Crippen molar-refractivity contribution in [2.24, 2.45) is 0 Å². The summed E-state index contributed by atoms with van der Waals surface area (Å²) in [7, 11) is 0. The molecule has 0 radical (unpaired) electrons. The number of anilines is 1. The van der Waals surface area contributed by atoms with Crippen LogP contribution in [0.2, 0.25) is 10.0 Å². The van der Waals surface area contributed by atoms with E-state index in [-0.39, 0.29) is 39.6 Å². The molecule has 0 saturated heterocycles. The van der Waals surface area contributed by atoms with Gasteiger partial charge in [-0.2, -0.15) is 0 Å². The Bertz CT molecular complexity index is 729. The average Bonchev–Trinajstić information content (AvgIpc) is 2.54. The van der Waals surface area contributed by atoms with Gasteiger partial charge in [0.15, 0.2) is 5.78 Å². The maximum absolute atomic E-state index is 12.1. The molecule has 0 aliphatic carbocycles. The van der Waals surface area contributed by atoms with Crippen molar-refractivity contribution in [3.63, 3.8) is 0 Å². The van der Waals surface area contributed by atoms with Crippen molar-refractivity contribution in [1.29, 1.82) is 0 Å². The van der Waals surface area contributed by atoms with Crippen LogP contribution >= 0.6 is 23.2 Å². The topological polar surface area (TPSA) is 81.7 Å². The molecule has 6 nitrogen and oxygen atoms in total. The quantitative estimate of drug-likeness (QED) is 0.301. The van der Waals surface area contributed by atoms with Crippen molar-refractivity contribution in [3.8, 4) is 0 Å². The minimum absolute atomic E-state index is 0.00863. The smallest absolute Gasteiger partial charge is 0.343 e. The number of ether oxygens (including phenoxy) is 2. The Hall–Kier alpha value is -2.05. The maximum atomic E-state index is 12.1. The third-order valence-corrected chi connectivity index (χ3v) is 3.75. The van der Waals surface area contributed by atoms with Gasteiger partial charge in [-0.1, -0.05) is 30.1 Å². The zero-order valence-corrected chi connectivity index (χ0v) is 16.5. The van der Waals surface area contributed by atoms with Crippen LogP contribution in [-0.4, -0.2) is 30.4 Å². The molecule has 0 bridgehead atoms. The lowest BCUT2D eigenvalue weighted by Crippen LogP contribution is -2.18. The number of hydrogen-bond acceptors (Lipinski definition) is 6. The van der Waals surface area contributed by atoms with E-state index in [9.17, 15) is 14.4 Å². The van der Waals surface area contributed by atoms with Gasteiger partial charge in [0.2, 0.25) is 0 Å². The van der Waals surface area contributed by atoms with Crippen LogP contribution < -0.4 is 5.32 Å². The molecule has 26 heavy (non-hydrogen) atoms. The molecule has 0 aliphatic rings. The standard InChI is InChI=1S/C18H21Cl2NO5/c1-5-8-25-18(24)15-13(19)6-7-14(16(15)20)21-9-12(11(4)22)17(23)26-10(2)3/h6-7,9-10,21H,5,8H2,1-4H3. The molecule has 0 aliphatic heterocycles. The van der Waals surface area contributed by atoms with Gasteiger partial charge in [-0.15, -0.1) is 0 Å². The Morgan fingerprint density at radius 3 is 2.42 bits per heavy atom. The van der Waals surface area contributed by atoms with E-state index in [1.807, 2.05) is 6.92 Å². The summed E-state index contributed by atoms with van der Waals surface area (Å²) in [4.78, 5) is 35.8. The number of nitrogens with one attached hydrogen (secondary N) is 1. The molecule has 0 atom stereocenters. The number of Topliss-reactive ketones (excluding diaryl/α,β-unsaturated/α-hetero) is 1. The van der Waals surface area contributed by atoms with Crippen LogP contribution in [0.3, 0.4) is 0 Å². The first-order valence-electron chi connectivity index (χ1n) is 8.02. The molecule has 0 heterocycles. The molecule has 1 aromatic rings. The van der Waals surface area contributed by atoms with Gasteiger partial charge in [0.1, 0.15) is 5.57 Å². The van der Waals surface area contributed by atoms with Crippen molar-refractivity contribution >= 4 is 46.6 Å². The van der Waals surface area contributed by atoms with Gasteiger partial charge in [0, 0.05) is 6.20 Å². The van der Waals surface area contributed by atoms with Gasteiger partial charge in [0.25, 0.3) is 0 Å². The fourth-order valence-electron chi connectivity index (χ4n) is 1.85. The predicted octanol–water partition coefficient (Wildman–Crippen LogP) is 4.40. The van der Waals surface area contributed by atoms with Gasteiger partial charge in [-0.05, 0) is 39.3 Å². The Morgan fingerprint density at radius 2 is 1.88 bits per heavy atom. The van der Waals surface area contributed by atoms with Crippen LogP contribution in [0, 0.1) is 0 Å². The minimum Gasteiger partial charge on any atom is -0.462 e. The van der Waals surface area contributed by atoms with Crippen LogP contribution in [0.25, 0.3) is 0 Å². The molecule has 1 aromatic carbocycles. The van der Waals surface area contributed by atoms with E-state index in [2.05, 4.69) is 5.32 Å². The van der Waals surface area contributed by atoms with Gasteiger partial charge in [-0.25, -0.2) is 9.59 Å². The lowest BCUT2D eigenvalue weighted by atomic mass is 10.1. The highest BCUT2D eigenvalue weighted by molar-refractivity contribution is 6.41. The van der Waals surface area contributed by atoms with Gasteiger partial charge < -0.3 is 14.8 Å².